The fourth-order valence-electron chi connectivity index (χ4n) is 1.59. The number of rotatable bonds is 6. The van der Waals surface area contributed by atoms with Crippen molar-refractivity contribution in [2.45, 2.75) is 26.4 Å². The van der Waals surface area contributed by atoms with Crippen molar-refractivity contribution < 1.29 is 17.9 Å². The van der Waals surface area contributed by atoms with Crippen LogP contribution in [0.5, 0.6) is 0 Å². The van der Waals surface area contributed by atoms with Gasteiger partial charge in [0.05, 0.1) is 5.56 Å². The molecule has 0 radical (unpaired) electrons. The van der Waals surface area contributed by atoms with E-state index >= 15 is 0 Å². The molecule has 1 rings (SSSR count). The molecule has 2 nitrogen and oxygen atoms in total. The van der Waals surface area contributed by atoms with Crippen LogP contribution in [0.4, 0.5) is 18.9 Å². The van der Waals surface area contributed by atoms with E-state index in [1.165, 1.54) is 12.1 Å². The maximum atomic E-state index is 12.4. The minimum absolute atomic E-state index is 0.0265. The van der Waals surface area contributed by atoms with Gasteiger partial charge in [0.25, 0.3) is 0 Å². The van der Waals surface area contributed by atoms with Crippen LogP contribution in [-0.4, -0.2) is 20.3 Å². The molecule has 0 heterocycles. The fourth-order valence-corrected chi connectivity index (χ4v) is 1.59. The summed E-state index contributed by atoms with van der Waals surface area (Å²) in [6.45, 7) is 5.52. The second kappa shape index (κ2) is 6.28. The highest BCUT2D eigenvalue weighted by atomic mass is 19.4. The molecule has 0 aliphatic heterocycles. The van der Waals surface area contributed by atoms with E-state index in [0.29, 0.717) is 18.8 Å². The van der Waals surface area contributed by atoms with Crippen LogP contribution in [0.15, 0.2) is 24.3 Å². The number of anilines is 1. The predicted molar refractivity (Wildman–Crippen MR) is 70.2 cm³/mol. The summed E-state index contributed by atoms with van der Waals surface area (Å²) in [6, 6.07) is 5.08. The third kappa shape index (κ3) is 5.51. The molecule has 1 N–H and O–H groups in total. The molecule has 0 spiro atoms. The van der Waals surface area contributed by atoms with Crippen molar-refractivity contribution in [1.82, 2.24) is 0 Å². The van der Waals surface area contributed by atoms with Gasteiger partial charge in [0.15, 0.2) is 0 Å². The van der Waals surface area contributed by atoms with E-state index in [9.17, 15) is 13.2 Å². The molecule has 0 saturated carbocycles. The lowest BCUT2D eigenvalue weighted by Crippen LogP contribution is -2.24. The number of hydrogen-bond acceptors (Lipinski definition) is 2. The molecule has 0 atom stereocenters. The van der Waals surface area contributed by atoms with E-state index in [4.69, 9.17) is 4.74 Å². The van der Waals surface area contributed by atoms with E-state index in [0.717, 1.165) is 18.6 Å². The minimum Gasteiger partial charge on any atom is -0.385 e. The molecule has 1 aromatic carbocycles. The van der Waals surface area contributed by atoms with Gasteiger partial charge in [0, 0.05) is 25.9 Å². The number of nitrogens with one attached hydrogen (secondary N) is 1. The topological polar surface area (TPSA) is 21.3 Å². The Hall–Kier alpha value is -1.23. The van der Waals surface area contributed by atoms with Crippen LogP contribution in [0.2, 0.25) is 0 Å². The van der Waals surface area contributed by atoms with E-state index in [2.05, 4.69) is 19.2 Å². The Morgan fingerprint density at radius 2 is 1.68 bits per heavy atom. The lowest BCUT2D eigenvalue weighted by atomic mass is 9.89. The van der Waals surface area contributed by atoms with Crippen molar-refractivity contribution >= 4 is 5.69 Å². The predicted octanol–water partition coefficient (Wildman–Crippen LogP) is 4.18. The average molecular weight is 275 g/mol. The summed E-state index contributed by atoms with van der Waals surface area (Å²) < 4.78 is 42.2. The van der Waals surface area contributed by atoms with Crippen LogP contribution in [0.3, 0.4) is 0 Å². The van der Waals surface area contributed by atoms with Crippen LogP contribution >= 0.6 is 0 Å². The van der Waals surface area contributed by atoms with Crippen LogP contribution in [0, 0.1) is 5.41 Å². The maximum Gasteiger partial charge on any atom is 0.416 e. The number of methoxy groups -OCH3 is 1. The SMILES string of the molecule is COCCC(C)(C)CNc1ccc(C(F)(F)F)cc1. The molecule has 0 unspecified atom stereocenters. The number of alkyl halides is 3. The third-order valence-electron chi connectivity index (χ3n) is 2.97. The zero-order chi connectivity index (χ0) is 14.5. The first-order chi connectivity index (χ1) is 8.74. The number of halogens is 3. The Morgan fingerprint density at radius 3 is 2.16 bits per heavy atom. The molecule has 0 amide bonds. The van der Waals surface area contributed by atoms with Crippen molar-refractivity contribution in [2.24, 2.45) is 5.41 Å². The quantitative estimate of drug-likeness (QED) is 0.841. The normalized spacial score (nSPS) is 12.5. The molecule has 19 heavy (non-hydrogen) atoms. The summed E-state index contributed by atoms with van der Waals surface area (Å²) in [5.41, 5.74) is 0.0915. The first-order valence-corrected chi connectivity index (χ1v) is 6.15. The largest absolute Gasteiger partial charge is 0.416 e. The molecular formula is C14H20F3NO. The van der Waals surface area contributed by atoms with E-state index < -0.39 is 11.7 Å². The van der Waals surface area contributed by atoms with Crippen molar-refractivity contribution in [3.05, 3.63) is 29.8 Å². The lowest BCUT2D eigenvalue weighted by Gasteiger charge is -2.25. The van der Waals surface area contributed by atoms with Gasteiger partial charge in [-0.2, -0.15) is 13.2 Å². The molecule has 0 fully saturated rings. The van der Waals surface area contributed by atoms with Crippen LogP contribution in [0.1, 0.15) is 25.8 Å². The van der Waals surface area contributed by atoms with Gasteiger partial charge in [-0.3, -0.25) is 0 Å². The van der Waals surface area contributed by atoms with Gasteiger partial charge >= 0.3 is 6.18 Å². The smallest absolute Gasteiger partial charge is 0.385 e. The number of benzene rings is 1. The minimum atomic E-state index is -4.28. The first-order valence-electron chi connectivity index (χ1n) is 6.15. The molecule has 1 aromatic rings. The molecule has 0 aromatic heterocycles. The average Bonchev–Trinajstić information content (AvgIpc) is 2.34. The fraction of sp³-hybridized carbons (Fsp3) is 0.571. The standard InChI is InChI=1S/C14H20F3NO/c1-13(2,8-9-19-3)10-18-12-6-4-11(5-7-12)14(15,16)17/h4-7,18H,8-10H2,1-3H3. The summed E-state index contributed by atoms with van der Waals surface area (Å²) in [5.74, 6) is 0. The molecule has 0 aliphatic carbocycles. The number of hydrogen-bond donors (Lipinski definition) is 1. The van der Waals surface area contributed by atoms with Crippen molar-refractivity contribution in [2.75, 3.05) is 25.6 Å². The summed E-state index contributed by atoms with van der Waals surface area (Å²) in [6.07, 6.45) is -3.40. The summed E-state index contributed by atoms with van der Waals surface area (Å²) in [4.78, 5) is 0. The zero-order valence-corrected chi connectivity index (χ0v) is 11.5. The van der Waals surface area contributed by atoms with Gasteiger partial charge in [0.2, 0.25) is 0 Å². The Balaban J connectivity index is 2.54. The highest BCUT2D eigenvalue weighted by molar-refractivity contribution is 5.45. The van der Waals surface area contributed by atoms with E-state index in [-0.39, 0.29) is 5.41 Å². The maximum absolute atomic E-state index is 12.4. The molecule has 5 heteroatoms. The molecule has 0 aliphatic rings. The molecule has 0 bridgehead atoms. The van der Waals surface area contributed by atoms with Gasteiger partial charge in [-0.05, 0) is 36.1 Å². The van der Waals surface area contributed by atoms with E-state index in [1.807, 2.05) is 0 Å². The summed E-state index contributed by atoms with van der Waals surface area (Å²) >= 11 is 0. The van der Waals surface area contributed by atoms with E-state index in [1.54, 1.807) is 7.11 Å². The number of ether oxygens (including phenoxy) is 1. The van der Waals surface area contributed by atoms with Crippen molar-refractivity contribution in [3.8, 4) is 0 Å². The van der Waals surface area contributed by atoms with Crippen LogP contribution in [-0.2, 0) is 10.9 Å². The van der Waals surface area contributed by atoms with Gasteiger partial charge in [0.1, 0.15) is 0 Å². The van der Waals surface area contributed by atoms with Crippen molar-refractivity contribution in [1.29, 1.82) is 0 Å². The van der Waals surface area contributed by atoms with Crippen LogP contribution in [0.25, 0.3) is 0 Å². The summed E-state index contributed by atoms with van der Waals surface area (Å²) in [5, 5.41) is 3.15. The monoisotopic (exact) mass is 275 g/mol. The second-order valence-corrected chi connectivity index (χ2v) is 5.34. The van der Waals surface area contributed by atoms with Crippen molar-refractivity contribution in [3.63, 3.8) is 0 Å². The highest BCUT2D eigenvalue weighted by Gasteiger charge is 2.30. The van der Waals surface area contributed by atoms with Gasteiger partial charge in [-0.25, -0.2) is 0 Å². The van der Waals surface area contributed by atoms with Gasteiger partial charge in [-0.15, -0.1) is 0 Å². The molecule has 0 saturated heterocycles. The Labute approximate surface area is 112 Å². The first kappa shape index (κ1) is 15.8. The lowest BCUT2D eigenvalue weighted by molar-refractivity contribution is -0.137. The second-order valence-electron chi connectivity index (χ2n) is 5.34. The molecule has 108 valence electrons. The third-order valence-corrected chi connectivity index (χ3v) is 2.97. The Bertz CT molecular complexity index is 385. The van der Waals surface area contributed by atoms with Gasteiger partial charge < -0.3 is 10.1 Å². The Kier molecular flexibility index (Phi) is 5.23. The zero-order valence-electron chi connectivity index (χ0n) is 11.5. The summed E-state index contributed by atoms with van der Waals surface area (Å²) in [7, 11) is 1.65. The van der Waals surface area contributed by atoms with Crippen LogP contribution < -0.4 is 5.32 Å². The molecular weight excluding hydrogens is 255 g/mol. The van der Waals surface area contributed by atoms with Gasteiger partial charge in [-0.1, -0.05) is 13.8 Å². The highest BCUT2D eigenvalue weighted by Crippen LogP contribution is 2.30. The Morgan fingerprint density at radius 1 is 1.11 bits per heavy atom.